The normalized spacial score (nSPS) is 11.1. The maximum absolute atomic E-state index is 13.2. The molecule has 0 saturated carbocycles. The Morgan fingerprint density at radius 1 is 1.22 bits per heavy atom. The van der Waals surface area contributed by atoms with Crippen molar-refractivity contribution >= 4 is 22.6 Å². The minimum Gasteiger partial charge on any atom is -0.324 e. The minimum absolute atomic E-state index is 0.143. The second-order valence-corrected chi connectivity index (χ2v) is 5.76. The molecule has 1 N–H and O–H groups in total. The van der Waals surface area contributed by atoms with Gasteiger partial charge in [0.05, 0.1) is 11.0 Å². The van der Waals surface area contributed by atoms with Gasteiger partial charge in [-0.3, -0.25) is 4.79 Å². The fourth-order valence-electron chi connectivity index (χ4n) is 2.61. The lowest BCUT2D eigenvalue weighted by atomic mass is 10.2. The summed E-state index contributed by atoms with van der Waals surface area (Å²) in [5.41, 5.74) is 2.24. The molecule has 5 heteroatoms. The Kier molecular flexibility index (Phi) is 4.10. The van der Waals surface area contributed by atoms with E-state index in [0.29, 0.717) is 5.69 Å². The van der Waals surface area contributed by atoms with E-state index in [9.17, 15) is 9.18 Å². The third kappa shape index (κ3) is 3.23. The number of amides is 1. The highest BCUT2D eigenvalue weighted by molar-refractivity contribution is 5.91. The molecular formula is C18H18FN3O. The second-order valence-electron chi connectivity index (χ2n) is 5.76. The molecule has 0 bridgehead atoms. The summed E-state index contributed by atoms with van der Waals surface area (Å²) in [5.74, 6) is 0.476. The van der Waals surface area contributed by atoms with Gasteiger partial charge < -0.3 is 9.88 Å². The number of benzene rings is 2. The van der Waals surface area contributed by atoms with Gasteiger partial charge >= 0.3 is 0 Å². The molecule has 1 amide bonds. The molecule has 0 radical (unpaired) electrons. The fourth-order valence-corrected chi connectivity index (χ4v) is 2.61. The van der Waals surface area contributed by atoms with E-state index in [0.717, 1.165) is 16.9 Å². The van der Waals surface area contributed by atoms with Gasteiger partial charge in [0.2, 0.25) is 5.91 Å². The van der Waals surface area contributed by atoms with Crippen LogP contribution in [-0.2, 0) is 11.3 Å². The summed E-state index contributed by atoms with van der Waals surface area (Å²) in [6, 6.07) is 13.6. The van der Waals surface area contributed by atoms with Gasteiger partial charge in [-0.2, -0.15) is 0 Å². The van der Waals surface area contributed by atoms with Gasteiger partial charge in [0.25, 0.3) is 0 Å². The van der Waals surface area contributed by atoms with E-state index in [1.807, 2.05) is 42.7 Å². The lowest BCUT2D eigenvalue weighted by molar-refractivity contribution is -0.116. The number of carbonyl (C=O) groups is 1. The first-order valence-corrected chi connectivity index (χ1v) is 7.55. The van der Waals surface area contributed by atoms with E-state index in [-0.39, 0.29) is 24.2 Å². The van der Waals surface area contributed by atoms with Crippen molar-refractivity contribution in [3.8, 4) is 0 Å². The van der Waals surface area contributed by atoms with Gasteiger partial charge in [0, 0.05) is 11.6 Å². The van der Waals surface area contributed by atoms with Crippen molar-refractivity contribution in [3.05, 3.63) is 60.2 Å². The third-order valence-corrected chi connectivity index (χ3v) is 3.61. The monoisotopic (exact) mass is 311 g/mol. The lowest BCUT2D eigenvalue weighted by Crippen LogP contribution is -2.20. The first-order chi connectivity index (χ1) is 11.0. The van der Waals surface area contributed by atoms with E-state index < -0.39 is 0 Å². The topological polar surface area (TPSA) is 46.9 Å². The number of nitrogens with zero attached hydrogens (tertiary/aromatic N) is 2. The van der Waals surface area contributed by atoms with Crippen LogP contribution < -0.4 is 5.32 Å². The molecule has 118 valence electrons. The standard InChI is InChI=1S/C18H18FN3O/c1-12(2)18-21-15-8-3-4-9-16(15)22(18)11-17(23)20-14-7-5-6-13(19)10-14/h3-10,12H,11H2,1-2H3,(H,20,23). The number of hydrogen-bond acceptors (Lipinski definition) is 2. The average molecular weight is 311 g/mol. The lowest BCUT2D eigenvalue weighted by Gasteiger charge is -2.12. The van der Waals surface area contributed by atoms with Crippen molar-refractivity contribution in [1.29, 1.82) is 0 Å². The number of nitrogens with one attached hydrogen (secondary N) is 1. The van der Waals surface area contributed by atoms with Gasteiger partial charge in [-0.1, -0.05) is 32.0 Å². The van der Waals surface area contributed by atoms with E-state index in [1.165, 1.54) is 12.1 Å². The quantitative estimate of drug-likeness (QED) is 0.793. The third-order valence-electron chi connectivity index (χ3n) is 3.61. The Bertz CT molecular complexity index is 854. The molecule has 0 aliphatic rings. The molecule has 0 atom stereocenters. The predicted molar refractivity (Wildman–Crippen MR) is 88.9 cm³/mol. The molecule has 0 aliphatic heterocycles. The molecule has 1 aromatic heterocycles. The van der Waals surface area contributed by atoms with Gasteiger partial charge in [-0.15, -0.1) is 0 Å². The molecule has 23 heavy (non-hydrogen) atoms. The van der Waals surface area contributed by atoms with Crippen molar-refractivity contribution in [2.24, 2.45) is 0 Å². The molecule has 0 unspecified atom stereocenters. The molecule has 0 aliphatic carbocycles. The molecule has 3 rings (SSSR count). The summed E-state index contributed by atoms with van der Waals surface area (Å²) in [4.78, 5) is 16.9. The van der Waals surface area contributed by atoms with Crippen LogP contribution >= 0.6 is 0 Å². The molecule has 0 spiro atoms. The zero-order chi connectivity index (χ0) is 16.4. The summed E-state index contributed by atoms with van der Waals surface area (Å²) in [6.07, 6.45) is 0. The van der Waals surface area contributed by atoms with E-state index in [2.05, 4.69) is 10.3 Å². The molecule has 3 aromatic rings. The van der Waals surface area contributed by atoms with Gasteiger partial charge in [0.1, 0.15) is 18.2 Å². The molecule has 0 saturated heterocycles. The van der Waals surface area contributed by atoms with Crippen LogP contribution in [0.2, 0.25) is 0 Å². The van der Waals surface area contributed by atoms with E-state index >= 15 is 0 Å². The largest absolute Gasteiger partial charge is 0.324 e. The Hall–Kier alpha value is -2.69. The van der Waals surface area contributed by atoms with Crippen LogP contribution in [0.15, 0.2) is 48.5 Å². The zero-order valence-electron chi connectivity index (χ0n) is 13.1. The number of halogens is 1. The van der Waals surface area contributed by atoms with Crippen molar-refractivity contribution < 1.29 is 9.18 Å². The fraction of sp³-hybridized carbons (Fsp3) is 0.222. The number of para-hydroxylation sites is 2. The second kappa shape index (κ2) is 6.20. The average Bonchev–Trinajstić information content (AvgIpc) is 2.86. The summed E-state index contributed by atoms with van der Waals surface area (Å²) in [7, 11) is 0. The number of fused-ring (bicyclic) bond motifs is 1. The first-order valence-electron chi connectivity index (χ1n) is 7.55. The number of anilines is 1. The van der Waals surface area contributed by atoms with Crippen LogP contribution in [0.5, 0.6) is 0 Å². The predicted octanol–water partition coefficient (Wildman–Crippen LogP) is 3.94. The van der Waals surface area contributed by atoms with Gasteiger partial charge in [-0.25, -0.2) is 9.37 Å². The summed E-state index contributed by atoms with van der Waals surface area (Å²) in [6.45, 7) is 4.23. The van der Waals surface area contributed by atoms with Crippen LogP contribution in [-0.4, -0.2) is 15.5 Å². The van der Waals surface area contributed by atoms with Crippen molar-refractivity contribution in [2.75, 3.05) is 5.32 Å². The Balaban J connectivity index is 1.88. The molecular weight excluding hydrogens is 293 g/mol. The maximum Gasteiger partial charge on any atom is 0.244 e. The van der Waals surface area contributed by atoms with E-state index in [4.69, 9.17) is 0 Å². The summed E-state index contributed by atoms with van der Waals surface area (Å²) < 4.78 is 15.1. The Labute approximate surface area is 134 Å². The Morgan fingerprint density at radius 2 is 2.00 bits per heavy atom. The van der Waals surface area contributed by atoms with Gasteiger partial charge in [-0.05, 0) is 30.3 Å². The maximum atomic E-state index is 13.2. The van der Waals surface area contributed by atoms with Crippen LogP contribution in [0.1, 0.15) is 25.6 Å². The van der Waals surface area contributed by atoms with Crippen molar-refractivity contribution in [1.82, 2.24) is 9.55 Å². The first kappa shape index (κ1) is 15.2. The number of aromatic nitrogens is 2. The molecule has 4 nitrogen and oxygen atoms in total. The minimum atomic E-state index is -0.376. The van der Waals surface area contributed by atoms with Gasteiger partial charge in [0.15, 0.2) is 0 Å². The molecule has 0 fully saturated rings. The number of imidazole rings is 1. The van der Waals surface area contributed by atoms with Crippen LogP contribution in [0.3, 0.4) is 0 Å². The van der Waals surface area contributed by atoms with Crippen LogP contribution in [0.25, 0.3) is 11.0 Å². The molecule has 1 heterocycles. The van der Waals surface area contributed by atoms with Crippen molar-refractivity contribution in [2.45, 2.75) is 26.3 Å². The Morgan fingerprint density at radius 3 is 2.74 bits per heavy atom. The highest BCUT2D eigenvalue weighted by atomic mass is 19.1. The number of rotatable bonds is 4. The SMILES string of the molecule is CC(C)c1nc2ccccc2n1CC(=O)Nc1cccc(F)c1. The van der Waals surface area contributed by atoms with Crippen LogP contribution in [0.4, 0.5) is 10.1 Å². The summed E-state index contributed by atoms with van der Waals surface area (Å²) >= 11 is 0. The number of hydrogen-bond donors (Lipinski definition) is 1. The van der Waals surface area contributed by atoms with E-state index in [1.54, 1.807) is 12.1 Å². The van der Waals surface area contributed by atoms with Crippen LogP contribution in [0, 0.1) is 5.82 Å². The number of carbonyl (C=O) groups excluding carboxylic acids is 1. The van der Waals surface area contributed by atoms with Crippen molar-refractivity contribution in [3.63, 3.8) is 0 Å². The highest BCUT2D eigenvalue weighted by Gasteiger charge is 2.16. The smallest absolute Gasteiger partial charge is 0.244 e. The highest BCUT2D eigenvalue weighted by Crippen LogP contribution is 2.22. The molecule has 2 aromatic carbocycles. The zero-order valence-corrected chi connectivity index (χ0v) is 13.1. The summed E-state index contributed by atoms with van der Waals surface area (Å²) in [5, 5.41) is 2.72.